The maximum Gasteiger partial charge on any atom is 0.255 e. The predicted octanol–water partition coefficient (Wildman–Crippen LogP) is 6.15. The fourth-order valence-corrected chi connectivity index (χ4v) is 3.97. The Morgan fingerprint density at radius 2 is 1.49 bits per heavy atom. The van der Waals surface area contributed by atoms with Gasteiger partial charge in [-0.3, -0.25) is 9.59 Å². The van der Waals surface area contributed by atoms with Gasteiger partial charge in [-0.2, -0.15) is 0 Å². The standard InChI is InChI=1S/C31H26FN3O2/c32-25-13-10-22(11-14-25)27(31(37)34-26-15-16-26)18-20-6-8-23(9-7-20)30(36)35-29-19-24(12-17-28(29)33)21-4-2-1-3-5-21/h1-14,17-19,26H,15-16,33H2,(H,34,37)(H,35,36)/b27-18+. The van der Waals surface area contributed by atoms with Gasteiger partial charge in [0.05, 0.1) is 11.4 Å². The van der Waals surface area contributed by atoms with Crippen LogP contribution < -0.4 is 16.4 Å². The van der Waals surface area contributed by atoms with Crippen molar-refractivity contribution in [2.75, 3.05) is 11.1 Å². The second-order valence-corrected chi connectivity index (χ2v) is 9.06. The van der Waals surface area contributed by atoms with Gasteiger partial charge in [-0.25, -0.2) is 4.39 Å². The lowest BCUT2D eigenvalue weighted by Gasteiger charge is -2.11. The van der Waals surface area contributed by atoms with Gasteiger partial charge in [0, 0.05) is 17.2 Å². The number of hydrogen-bond donors (Lipinski definition) is 3. The lowest BCUT2D eigenvalue weighted by atomic mass is 10.0. The third-order valence-electron chi connectivity index (χ3n) is 6.20. The molecule has 0 atom stereocenters. The molecular formula is C31H26FN3O2. The van der Waals surface area contributed by atoms with Crippen LogP contribution in [0.1, 0.15) is 34.3 Å². The van der Waals surface area contributed by atoms with Crippen molar-refractivity contribution in [2.24, 2.45) is 0 Å². The van der Waals surface area contributed by atoms with E-state index >= 15 is 0 Å². The van der Waals surface area contributed by atoms with E-state index in [9.17, 15) is 14.0 Å². The summed E-state index contributed by atoms with van der Waals surface area (Å²) < 4.78 is 13.4. The molecule has 1 saturated carbocycles. The molecule has 1 fully saturated rings. The molecule has 1 aliphatic rings. The molecule has 1 aliphatic carbocycles. The molecule has 5 rings (SSSR count). The molecule has 5 nitrogen and oxygen atoms in total. The quantitative estimate of drug-likeness (QED) is 0.165. The zero-order valence-electron chi connectivity index (χ0n) is 20.1. The van der Waals surface area contributed by atoms with Crippen LogP contribution in [0.15, 0.2) is 97.1 Å². The second-order valence-electron chi connectivity index (χ2n) is 9.06. The Bertz CT molecular complexity index is 1460. The van der Waals surface area contributed by atoms with Crippen molar-refractivity contribution < 1.29 is 14.0 Å². The van der Waals surface area contributed by atoms with Crippen LogP contribution >= 0.6 is 0 Å². The lowest BCUT2D eigenvalue weighted by Crippen LogP contribution is -2.26. The molecule has 4 N–H and O–H groups in total. The summed E-state index contributed by atoms with van der Waals surface area (Å²) in [5, 5.41) is 5.88. The van der Waals surface area contributed by atoms with Gasteiger partial charge in [-0.05, 0) is 77.6 Å². The van der Waals surface area contributed by atoms with Crippen molar-refractivity contribution in [3.8, 4) is 11.1 Å². The third kappa shape index (κ3) is 5.93. The summed E-state index contributed by atoms with van der Waals surface area (Å²) in [7, 11) is 0. The van der Waals surface area contributed by atoms with E-state index in [2.05, 4.69) is 10.6 Å². The highest BCUT2D eigenvalue weighted by molar-refractivity contribution is 6.24. The van der Waals surface area contributed by atoms with Crippen LogP contribution in [0.2, 0.25) is 0 Å². The fraction of sp³-hybridized carbons (Fsp3) is 0.0968. The van der Waals surface area contributed by atoms with E-state index in [1.807, 2.05) is 42.5 Å². The summed E-state index contributed by atoms with van der Waals surface area (Å²) in [5.41, 5.74) is 11.4. The minimum Gasteiger partial charge on any atom is -0.397 e. The van der Waals surface area contributed by atoms with E-state index in [1.54, 1.807) is 48.5 Å². The minimum absolute atomic E-state index is 0.190. The number of carbonyl (C=O) groups is 2. The minimum atomic E-state index is -0.365. The number of rotatable bonds is 7. The van der Waals surface area contributed by atoms with Gasteiger partial charge < -0.3 is 16.4 Å². The van der Waals surface area contributed by atoms with Crippen LogP contribution in [0, 0.1) is 5.82 Å². The number of hydrogen-bond acceptors (Lipinski definition) is 3. The zero-order valence-corrected chi connectivity index (χ0v) is 20.1. The molecular weight excluding hydrogens is 465 g/mol. The van der Waals surface area contributed by atoms with Crippen molar-refractivity contribution in [1.82, 2.24) is 5.32 Å². The average Bonchev–Trinajstić information content (AvgIpc) is 3.74. The first-order valence-electron chi connectivity index (χ1n) is 12.1. The highest BCUT2D eigenvalue weighted by Gasteiger charge is 2.25. The molecule has 2 amide bonds. The van der Waals surface area contributed by atoms with Crippen LogP contribution in [0.3, 0.4) is 0 Å². The van der Waals surface area contributed by atoms with Gasteiger partial charge in [0.2, 0.25) is 0 Å². The number of nitrogens with two attached hydrogens (primary N) is 1. The molecule has 0 radical (unpaired) electrons. The topological polar surface area (TPSA) is 84.2 Å². The fourth-order valence-electron chi connectivity index (χ4n) is 3.97. The van der Waals surface area contributed by atoms with Gasteiger partial charge in [0.25, 0.3) is 11.8 Å². The maximum absolute atomic E-state index is 13.4. The second kappa shape index (κ2) is 10.5. The Morgan fingerprint density at radius 3 is 2.16 bits per heavy atom. The van der Waals surface area contributed by atoms with Crippen molar-refractivity contribution >= 4 is 34.8 Å². The van der Waals surface area contributed by atoms with Gasteiger partial charge in [0.15, 0.2) is 0 Å². The summed E-state index contributed by atoms with van der Waals surface area (Å²) in [6.45, 7) is 0. The Kier molecular flexibility index (Phi) is 6.81. The average molecular weight is 492 g/mol. The Labute approximate surface area is 214 Å². The highest BCUT2D eigenvalue weighted by atomic mass is 19.1. The Morgan fingerprint density at radius 1 is 0.811 bits per heavy atom. The molecule has 0 unspecified atom stereocenters. The number of carbonyl (C=O) groups excluding carboxylic acids is 2. The molecule has 4 aromatic carbocycles. The predicted molar refractivity (Wildman–Crippen MR) is 146 cm³/mol. The molecule has 0 heterocycles. The van der Waals surface area contributed by atoms with Crippen molar-refractivity contribution in [3.63, 3.8) is 0 Å². The van der Waals surface area contributed by atoms with Crippen molar-refractivity contribution in [2.45, 2.75) is 18.9 Å². The molecule has 0 aromatic heterocycles. The van der Waals surface area contributed by atoms with E-state index < -0.39 is 0 Å². The van der Waals surface area contributed by atoms with Crippen LogP contribution in [0.25, 0.3) is 22.8 Å². The van der Waals surface area contributed by atoms with Crippen molar-refractivity contribution in [3.05, 3.63) is 120 Å². The van der Waals surface area contributed by atoms with Gasteiger partial charge >= 0.3 is 0 Å². The number of nitrogen functional groups attached to an aromatic ring is 1. The molecule has 37 heavy (non-hydrogen) atoms. The van der Waals surface area contributed by atoms with E-state index in [0.29, 0.717) is 28.1 Å². The monoisotopic (exact) mass is 491 g/mol. The number of halogens is 1. The number of benzene rings is 4. The zero-order chi connectivity index (χ0) is 25.8. The van der Waals surface area contributed by atoms with Gasteiger partial charge in [-0.15, -0.1) is 0 Å². The maximum atomic E-state index is 13.4. The van der Waals surface area contributed by atoms with Gasteiger partial charge in [-0.1, -0.05) is 60.7 Å². The van der Waals surface area contributed by atoms with E-state index in [1.165, 1.54) is 12.1 Å². The van der Waals surface area contributed by atoms with Crippen LogP contribution in [0.5, 0.6) is 0 Å². The third-order valence-corrected chi connectivity index (χ3v) is 6.20. The Hall–Kier alpha value is -4.71. The smallest absolute Gasteiger partial charge is 0.255 e. The van der Waals surface area contributed by atoms with Crippen LogP contribution in [0.4, 0.5) is 15.8 Å². The normalized spacial score (nSPS) is 13.2. The van der Waals surface area contributed by atoms with E-state index in [4.69, 9.17) is 5.73 Å². The molecule has 0 saturated heterocycles. The van der Waals surface area contributed by atoms with Crippen molar-refractivity contribution in [1.29, 1.82) is 0 Å². The van der Waals surface area contributed by atoms with Gasteiger partial charge in [0.1, 0.15) is 5.82 Å². The molecule has 0 bridgehead atoms. The van der Waals surface area contributed by atoms with E-state index in [0.717, 1.165) is 29.5 Å². The molecule has 6 heteroatoms. The number of nitrogens with one attached hydrogen (secondary N) is 2. The number of amides is 2. The SMILES string of the molecule is Nc1ccc(-c2ccccc2)cc1NC(=O)c1ccc(/C=C(/C(=O)NC2CC2)c2ccc(F)cc2)cc1. The largest absolute Gasteiger partial charge is 0.397 e. The summed E-state index contributed by atoms with van der Waals surface area (Å²) in [6, 6.07) is 28.4. The van der Waals surface area contributed by atoms with Crippen LogP contribution in [-0.4, -0.2) is 17.9 Å². The first kappa shape index (κ1) is 24.0. The summed E-state index contributed by atoms with van der Waals surface area (Å²) >= 11 is 0. The first-order valence-corrected chi connectivity index (χ1v) is 12.1. The molecule has 0 aliphatic heterocycles. The number of anilines is 2. The Balaban J connectivity index is 1.35. The first-order chi connectivity index (χ1) is 18.0. The summed E-state index contributed by atoms with van der Waals surface area (Å²) in [5.74, 6) is -0.863. The molecule has 0 spiro atoms. The van der Waals surface area contributed by atoms with Crippen LogP contribution in [-0.2, 0) is 4.79 Å². The highest BCUT2D eigenvalue weighted by Crippen LogP contribution is 2.28. The summed E-state index contributed by atoms with van der Waals surface area (Å²) in [4.78, 5) is 25.8. The van der Waals surface area contributed by atoms with E-state index in [-0.39, 0.29) is 23.7 Å². The molecule has 184 valence electrons. The summed E-state index contributed by atoms with van der Waals surface area (Å²) in [6.07, 6.45) is 3.67. The molecule has 4 aromatic rings. The lowest BCUT2D eigenvalue weighted by molar-refractivity contribution is -0.115.